The van der Waals surface area contributed by atoms with Gasteiger partial charge in [-0.3, -0.25) is 9.48 Å². The summed E-state index contributed by atoms with van der Waals surface area (Å²) in [5.41, 5.74) is 0.319. The van der Waals surface area contributed by atoms with E-state index in [0.717, 1.165) is 36.8 Å². The number of nitrogens with one attached hydrogen (secondary N) is 1. The summed E-state index contributed by atoms with van der Waals surface area (Å²) < 4.78 is 37.2. The number of carbonyl (C=O) groups excluding carboxylic acids is 1. The first-order chi connectivity index (χ1) is 8.94. The number of carbonyl (C=O) groups is 1. The van der Waals surface area contributed by atoms with Crippen molar-refractivity contribution in [2.24, 2.45) is 5.92 Å². The van der Waals surface area contributed by atoms with Crippen LogP contribution in [0, 0.1) is 5.92 Å². The molecule has 1 N–H and O–H groups in total. The Kier molecular flexibility index (Phi) is 4.11. The smallest absolute Gasteiger partial charge is 0.323 e. The van der Waals surface area contributed by atoms with Crippen LogP contribution in [-0.2, 0) is 11.3 Å². The molecule has 1 heterocycles. The first-order valence-electron chi connectivity index (χ1n) is 6.34. The second kappa shape index (κ2) is 5.63. The van der Waals surface area contributed by atoms with Crippen LogP contribution in [0.1, 0.15) is 32.1 Å². The van der Waals surface area contributed by atoms with Gasteiger partial charge in [0, 0.05) is 12.1 Å². The summed E-state index contributed by atoms with van der Waals surface area (Å²) in [6.07, 6.45) is 3.05. The van der Waals surface area contributed by atoms with Crippen molar-refractivity contribution in [3.8, 4) is 0 Å². The molecule has 106 valence electrons. The van der Waals surface area contributed by atoms with Crippen LogP contribution >= 0.6 is 0 Å². The molecule has 7 heteroatoms. The molecule has 1 fully saturated rings. The van der Waals surface area contributed by atoms with Gasteiger partial charge >= 0.3 is 6.18 Å². The third-order valence-corrected chi connectivity index (χ3v) is 3.22. The minimum absolute atomic E-state index is 0.0280. The summed E-state index contributed by atoms with van der Waals surface area (Å²) in [6, 6.07) is 0. The van der Waals surface area contributed by atoms with Crippen molar-refractivity contribution >= 4 is 11.6 Å². The van der Waals surface area contributed by atoms with Gasteiger partial charge in [-0.2, -0.15) is 18.3 Å². The molecule has 0 unspecified atom stereocenters. The van der Waals surface area contributed by atoms with E-state index in [1.807, 2.05) is 0 Å². The Morgan fingerprint density at radius 3 is 2.68 bits per heavy atom. The first-order valence-corrected chi connectivity index (χ1v) is 6.34. The zero-order valence-electron chi connectivity index (χ0n) is 10.4. The van der Waals surface area contributed by atoms with Gasteiger partial charge in [0.05, 0.1) is 11.9 Å². The lowest BCUT2D eigenvalue weighted by Gasteiger charge is -2.20. The Morgan fingerprint density at radius 2 is 2.05 bits per heavy atom. The summed E-state index contributed by atoms with van der Waals surface area (Å²) in [7, 11) is 0. The number of aromatic nitrogens is 2. The highest BCUT2D eigenvalue weighted by molar-refractivity contribution is 5.92. The first kappa shape index (κ1) is 13.9. The highest BCUT2D eigenvalue weighted by atomic mass is 19.4. The Hall–Kier alpha value is -1.53. The fourth-order valence-electron chi connectivity index (χ4n) is 2.31. The van der Waals surface area contributed by atoms with Gasteiger partial charge in [-0.1, -0.05) is 19.3 Å². The molecule has 0 spiro atoms. The summed E-state index contributed by atoms with van der Waals surface area (Å²) in [5, 5.41) is 6.21. The van der Waals surface area contributed by atoms with E-state index in [2.05, 4.69) is 10.4 Å². The Bertz CT molecular complexity index is 436. The predicted molar refractivity (Wildman–Crippen MR) is 63.5 cm³/mol. The van der Waals surface area contributed by atoms with Crippen LogP contribution in [0.3, 0.4) is 0 Å². The van der Waals surface area contributed by atoms with E-state index in [1.165, 1.54) is 12.4 Å². The monoisotopic (exact) mass is 275 g/mol. The van der Waals surface area contributed by atoms with Crippen molar-refractivity contribution in [1.29, 1.82) is 0 Å². The van der Waals surface area contributed by atoms with Gasteiger partial charge in [0.25, 0.3) is 0 Å². The molecule has 1 aromatic heterocycles. The topological polar surface area (TPSA) is 46.9 Å². The maximum Gasteiger partial charge on any atom is 0.408 e. The number of nitrogens with zero attached hydrogens (tertiary/aromatic N) is 2. The Labute approximate surface area is 109 Å². The van der Waals surface area contributed by atoms with Crippen LogP contribution in [0.2, 0.25) is 0 Å². The lowest BCUT2D eigenvalue weighted by Crippen LogP contribution is -2.24. The van der Waals surface area contributed by atoms with Crippen molar-refractivity contribution in [3.05, 3.63) is 12.4 Å². The number of hydrogen-bond acceptors (Lipinski definition) is 2. The molecule has 0 atom stereocenters. The predicted octanol–water partition coefficient (Wildman–Crippen LogP) is 2.96. The molecule has 2 rings (SSSR count). The van der Waals surface area contributed by atoms with Crippen LogP contribution in [0.4, 0.5) is 18.9 Å². The minimum atomic E-state index is -4.31. The normalized spacial score (nSPS) is 17.4. The molecular weight excluding hydrogens is 259 g/mol. The average Bonchev–Trinajstić information content (AvgIpc) is 2.75. The van der Waals surface area contributed by atoms with E-state index in [9.17, 15) is 18.0 Å². The van der Waals surface area contributed by atoms with Crippen molar-refractivity contribution in [3.63, 3.8) is 0 Å². The number of anilines is 1. The molecule has 1 aliphatic carbocycles. The van der Waals surface area contributed by atoms with Crippen LogP contribution in [0.25, 0.3) is 0 Å². The van der Waals surface area contributed by atoms with Gasteiger partial charge in [0.2, 0.25) is 5.91 Å². The number of rotatable bonds is 3. The van der Waals surface area contributed by atoms with Crippen molar-refractivity contribution in [1.82, 2.24) is 9.78 Å². The van der Waals surface area contributed by atoms with Crippen LogP contribution in [0.15, 0.2) is 12.4 Å². The van der Waals surface area contributed by atoms with Gasteiger partial charge < -0.3 is 5.32 Å². The lowest BCUT2D eigenvalue weighted by molar-refractivity contribution is -0.142. The van der Waals surface area contributed by atoms with Gasteiger partial charge in [0.15, 0.2) is 0 Å². The highest BCUT2D eigenvalue weighted by Crippen LogP contribution is 2.25. The largest absolute Gasteiger partial charge is 0.408 e. The number of alkyl halides is 3. The summed E-state index contributed by atoms with van der Waals surface area (Å²) >= 11 is 0. The molecule has 0 saturated heterocycles. The van der Waals surface area contributed by atoms with E-state index in [1.54, 1.807) is 0 Å². The second-order valence-electron chi connectivity index (χ2n) is 4.87. The number of halogens is 3. The molecule has 1 aliphatic rings. The van der Waals surface area contributed by atoms with E-state index in [-0.39, 0.29) is 11.8 Å². The summed E-state index contributed by atoms with van der Waals surface area (Å²) in [5.74, 6) is -0.147. The second-order valence-corrected chi connectivity index (χ2v) is 4.87. The van der Waals surface area contributed by atoms with E-state index in [4.69, 9.17) is 0 Å². The van der Waals surface area contributed by atoms with Gasteiger partial charge in [0.1, 0.15) is 6.54 Å². The fourth-order valence-corrected chi connectivity index (χ4v) is 2.31. The zero-order chi connectivity index (χ0) is 13.9. The third-order valence-electron chi connectivity index (χ3n) is 3.22. The fraction of sp³-hybridized carbons (Fsp3) is 0.667. The summed E-state index contributed by atoms with van der Waals surface area (Å²) in [4.78, 5) is 11.9. The molecule has 0 bridgehead atoms. The van der Waals surface area contributed by atoms with Gasteiger partial charge in [-0.05, 0) is 12.8 Å². The van der Waals surface area contributed by atoms with Crippen molar-refractivity contribution in [2.45, 2.75) is 44.8 Å². The van der Waals surface area contributed by atoms with Gasteiger partial charge in [-0.25, -0.2) is 0 Å². The average molecular weight is 275 g/mol. The number of hydrogen-bond donors (Lipinski definition) is 1. The molecule has 19 heavy (non-hydrogen) atoms. The molecular formula is C12H16F3N3O. The minimum Gasteiger partial charge on any atom is -0.323 e. The molecule has 0 aromatic carbocycles. The standard InChI is InChI=1S/C12H16F3N3O/c13-12(14,15)8-18-7-10(6-16-18)17-11(19)9-4-2-1-3-5-9/h6-7,9H,1-5,8H2,(H,17,19). The van der Waals surface area contributed by atoms with Crippen LogP contribution in [0.5, 0.6) is 0 Å². The van der Waals surface area contributed by atoms with Crippen LogP contribution < -0.4 is 5.32 Å². The Balaban J connectivity index is 1.90. The number of amides is 1. The summed E-state index contributed by atoms with van der Waals surface area (Å²) in [6.45, 7) is -1.15. The molecule has 0 radical (unpaired) electrons. The molecule has 1 aromatic rings. The Morgan fingerprint density at radius 1 is 1.37 bits per heavy atom. The lowest BCUT2D eigenvalue weighted by atomic mass is 9.89. The zero-order valence-corrected chi connectivity index (χ0v) is 10.4. The van der Waals surface area contributed by atoms with Gasteiger partial charge in [-0.15, -0.1) is 0 Å². The van der Waals surface area contributed by atoms with Crippen molar-refractivity contribution in [2.75, 3.05) is 5.32 Å². The van der Waals surface area contributed by atoms with Crippen molar-refractivity contribution < 1.29 is 18.0 Å². The molecule has 1 saturated carbocycles. The van der Waals surface area contributed by atoms with E-state index >= 15 is 0 Å². The quantitative estimate of drug-likeness (QED) is 0.921. The van der Waals surface area contributed by atoms with E-state index < -0.39 is 12.7 Å². The molecule has 0 aliphatic heterocycles. The van der Waals surface area contributed by atoms with Crippen LogP contribution in [-0.4, -0.2) is 21.9 Å². The maximum atomic E-state index is 12.2. The SMILES string of the molecule is O=C(Nc1cnn(CC(F)(F)F)c1)C1CCCCC1. The van der Waals surface area contributed by atoms with E-state index in [0.29, 0.717) is 5.69 Å². The third kappa shape index (κ3) is 4.25. The molecule has 4 nitrogen and oxygen atoms in total. The molecule has 1 amide bonds. The highest BCUT2D eigenvalue weighted by Gasteiger charge is 2.28. The maximum absolute atomic E-state index is 12.2.